The first-order valence-corrected chi connectivity index (χ1v) is 4.78. The first kappa shape index (κ1) is 7.52. The predicted molar refractivity (Wildman–Crippen MR) is 49.1 cm³/mol. The van der Waals surface area contributed by atoms with Crippen molar-refractivity contribution in [3.8, 4) is 0 Å². The van der Waals surface area contributed by atoms with Crippen LogP contribution in [0.1, 0.15) is 6.92 Å². The molecule has 0 aromatic carbocycles. The molecule has 0 heterocycles. The fourth-order valence-electron chi connectivity index (χ4n) is 0.109. The highest BCUT2D eigenvalue weighted by Crippen LogP contribution is 2.03. The summed E-state index contributed by atoms with van der Waals surface area (Å²) in [6.07, 6.45) is 1.31. The zero-order valence-corrected chi connectivity index (χ0v) is 8.06. The van der Waals surface area contributed by atoms with Crippen LogP contribution in [0.5, 0.6) is 0 Å². The molecule has 0 unspecified atom stereocenters. The molecule has 0 atom stereocenters. The van der Waals surface area contributed by atoms with Gasteiger partial charge in [-0.15, -0.1) is 22.4 Å². The largest absolute Gasteiger partial charge is 0.227 e. The van der Waals surface area contributed by atoms with E-state index in [-0.39, 0.29) is 0 Å². The molecule has 0 aromatic heterocycles. The molecule has 0 aliphatic rings. The molecule has 0 aliphatic heterocycles. The summed E-state index contributed by atoms with van der Waals surface area (Å²) in [6, 6.07) is 0. The van der Waals surface area contributed by atoms with Crippen LogP contribution in [0.4, 0.5) is 0 Å². The lowest BCUT2D eigenvalue weighted by atomic mass is 9.79. The Bertz CT molecular complexity index is 28.0. The molecule has 0 fully saturated rings. The van der Waals surface area contributed by atoms with Crippen LogP contribution >= 0.6 is 45.0 Å². The molecule has 0 aromatic rings. The van der Waals surface area contributed by atoms with Gasteiger partial charge in [0.2, 0.25) is 4.57 Å². The minimum Gasteiger partial charge on any atom is -0.149 e. The molecule has 0 saturated heterocycles. The highest BCUT2D eigenvalue weighted by atomic mass is 127. The van der Waals surface area contributed by atoms with Gasteiger partial charge in [-0.05, 0) is 4.33 Å². The fourth-order valence-corrected chi connectivity index (χ4v) is 0.732. The molecule has 0 amide bonds. The normalized spacial score (nSPS) is 8.50. The Balaban J connectivity index is 2.75. The minimum absolute atomic E-state index is 0.892. The number of halogens is 2. The van der Waals surface area contributed by atoms with Crippen molar-refractivity contribution in [2.24, 2.45) is 0 Å². The molecule has 6 heavy (non-hydrogen) atoms. The van der Waals surface area contributed by atoms with Gasteiger partial charge < -0.3 is 0 Å². The summed E-state index contributed by atoms with van der Waals surface area (Å²) >= 11 is 4.87. The Kier molecular flexibility index (Phi) is 5.87. The van der Waals surface area contributed by atoms with E-state index in [0.717, 1.165) is 4.57 Å². The van der Waals surface area contributed by atoms with Crippen molar-refractivity contribution in [1.82, 2.24) is 0 Å². The van der Waals surface area contributed by atoms with Crippen molar-refractivity contribution in [1.29, 1.82) is 0 Å². The third-order valence-electron chi connectivity index (χ3n) is 0.610. The molecule has 0 rings (SSSR count). The van der Waals surface area contributed by atoms with Crippen LogP contribution in [0.15, 0.2) is 0 Å². The van der Waals surface area contributed by atoms with Crippen molar-refractivity contribution in [3.63, 3.8) is 0 Å². The molecule has 0 nitrogen and oxygen atoms in total. The average molecular weight is 308 g/mol. The number of hydrogen-bond donors (Lipinski definition) is 0. The summed E-state index contributed by atoms with van der Waals surface area (Å²) in [5, 5.41) is 0. The van der Waals surface area contributed by atoms with Gasteiger partial charge in [0.15, 0.2) is 0 Å². The second-order valence-corrected chi connectivity index (χ2v) is 3.80. The van der Waals surface area contributed by atoms with Gasteiger partial charge in [-0.25, -0.2) is 0 Å². The third-order valence-corrected chi connectivity index (χ3v) is 4.68. The van der Waals surface area contributed by atoms with Gasteiger partial charge in [0, 0.05) is 0 Å². The smallest absolute Gasteiger partial charge is 0.149 e. The first-order chi connectivity index (χ1) is 2.81. The van der Waals surface area contributed by atoms with Gasteiger partial charge in [-0.2, -0.15) is 0 Å². The van der Waals surface area contributed by atoms with Gasteiger partial charge >= 0.3 is 0 Å². The van der Waals surface area contributed by atoms with Crippen LogP contribution in [0.25, 0.3) is 0 Å². The van der Waals surface area contributed by atoms with Crippen molar-refractivity contribution < 1.29 is 0 Å². The van der Waals surface area contributed by atoms with Crippen LogP contribution in [-0.2, 0) is 0 Å². The SMILES string of the molecule is CCB(I)CI. The van der Waals surface area contributed by atoms with E-state index in [4.69, 9.17) is 0 Å². The number of hydrogen-bond acceptors (Lipinski definition) is 0. The summed E-state index contributed by atoms with van der Waals surface area (Å²) in [5.74, 6) is 0. The minimum atomic E-state index is 0.892. The fraction of sp³-hybridized carbons (Fsp3) is 1.00. The molecule has 0 spiro atoms. The van der Waals surface area contributed by atoms with Crippen LogP contribution < -0.4 is 0 Å². The van der Waals surface area contributed by atoms with E-state index in [0.29, 0.717) is 0 Å². The summed E-state index contributed by atoms with van der Waals surface area (Å²) in [4.78, 5) is 0. The summed E-state index contributed by atoms with van der Waals surface area (Å²) < 4.78 is 2.18. The standard InChI is InChI=1S/C3H7BI2/c1-2-4(6)3-5/h2-3H2,1H3. The molecule has 0 radical (unpaired) electrons. The van der Waals surface area contributed by atoms with E-state index in [1.54, 1.807) is 0 Å². The van der Waals surface area contributed by atoms with Gasteiger partial charge in [0.1, 0.15) is 0 Å². The Morgan fingerprint density at radius 2 is 2.17 bits per heavy atom. The van der Waals surface area contributed by atoms with Crippen LogP contribution in [-0.4, -0.2) is 8.90 Å². The Morgan fingerprint density at radius 1 is 1.67 bits per heavy atom. The summed E-state index contributed by atoms with van der Waals surface area (Å²) in [7, 11) is 0. The Hall–Kier alpha value is 1.52. The second kappa shape index (κ2) is 4.68. The molecule has 0 N–H and O–H groups in total. The van der Waals surface area contributed by atoms with Crippen molar-refractivity contribution in [2.75, 3.05) is 4.33 Å². The van der Waals surface area contributed by atoms with Gasteiger partial charge in [-0.1, -0.05) is 35.8 Å². The summed E-state index contributed by atoms with van der Waals surface area (Å²) in [5.41, 5.74) is 0. The Morgan fingerprint density at radius 3 is 2.17 bits per heavy atom. The quantitative estimate of drug-likeness (QED) is 0.417. The van der Waals surface area contributed by atoms with Gasteiger partial charge in [0.05, 0.1) is 0 Å². The van der Waals surface area contributed by atoms with Crippen LogP contribution in [0.3, 0.4) is 0 Å². The Labute approximate surface area is 66.5 Å². The van der Waals surface area contributed by atoms with Gasteiger partial charge in [-0.3, -0.25) is 0 Å². The van der Waals surface area contributed by atoms with Gasteiger partial charge in [0.25, 0.3) is 0 Å². The monoisotopic (exact) mass is 308 g/mol. The number of rotatable bonds is 2. The lowest BCUT2D eigenvalue weighted by molar-refractivity contribution is 1.45. The van der Waals surface area contributed by atoms with E-state index in [9.17, 15) is 0 Å². The van der Waals surface area contributed by atoms with Crippen molar-refractivity contribution >= 4 is 49.5 Å². The van der Waals surface area contributed by atoms with Crippen molar-refractivity contribution in [2.45, 2.75) is 13.2 Å². The van der Waals surface area contributed by atoms with Crippen molar-refractivity contribution in [3.05, 3.63) is 0 Å². The highest BCUT2D eigenvalue weighted by Gasteiger charge is 1.99. The van der Waals surface area contributed by atoms with E-state index in [2.05, 4.69) is 51.9 Å². The predicted octanol–water partition coefficient (Wildman–Crippen LogP) is 2.41. The molecular formula is C3H7BI2. The maximum absolute atomic E-state index is 2.46. The van der Waals surface area contributed by atoms with E-state index >= 15 is 0 Å². The molecule has 0 aliphatic carbocycles. The lowest BCUT2D eigenvalue weighted by Gasteiger charge is -1.89. The third kappa shape index (κ3) is 3.71. The van der Waals surface area contributed by atoms with Crippen LogP contribution in [0.2, 0.25) is 6.32 Å². The topological polar surface area (TPSA) is 0 Å². The van der Waals surface area contributed by atoms with Crippen LogP contribution in [0, 0.1) is 0 Å². The molecule has 0 bridgehead atoms. The maximum Gasteiger partial charge on any atom is 0.227 e. The zero-order chi connectivity index (χ0) is 4.99. The zero-order valence-electron chi connectivity index (χ0n) is 3.75. The lowest BCUT2D eigenvalue weighted by Crippen LogP contribution is -1.99. The second-order valence-electron chi connectivity index (χ2n) is 1.16. The first-order valence-electron chi connectivity index (χ1n) is 2.01. The highest BCUT2D eigenvalue weighted by molar-refractivity contribution is 14.1. The molecule has 0 saturated carbocycles. The molecule has 36 valence electrons. The number of alkyl halides is 1. The maximum atomic E-state index is 2.46. The van der Waals surface area contributed by atoms with E-state index < -0.39 is 0 Å². The summed E-state index contributed by atoms with van der Waals surface area (Å²) in [6.45, 7) is 2.22. The van der Waals surface area contributed by atoms with E-state index in [1.165, 1.54) is 10.6 Å². The average Bonchev–Trinajstić information content (AvgIpc) is 1.65. The molecule has 3 heteroatoms. The molecular weight excluding hydrogens is 301 g/mol. The van der Waals surface area contributed by atoms with E-state index in [1.807, 2.05) is 0 Å².